The van der Waals surface area contributed by atoms with Crippen LogP contribution >= 0.6 is 0 Å². The standard InChI is InChI=1S/C13H23N3O/c17-13(9-11-1-2-11)16-7-5-15(6-8-16)12-3-4-14-10-12/h11-12,14H,1-10H2. The van der Waals surface area contributed by atoms with Gasteiger partial charge in [-0.1, -0.05) is 0 Å². The Labute approximate surface area is 103 Å². The van der Waals surface area contributed by atoms with Gasteiger partial charge in [0.05, 0.1) is 0 Å². The second-order valence-electron chi connectivity index (χ2n) is 5.71. The molecule has 2 saturated heterocycles. The molecule has 1 N–H and O–H groups in total. The van der Waals surface area contributed by atoms with Gasteiger partial charge in [-0.25, -0.2) is 0 Å². The van der Waals surface area contributed by atoms with Crippen molar-refractivity contribution >= 4 is 5.91 Å². The van der Waals surface area contributed by atoms with E-state index < -0.39 is 0 Å². The smallest absolute Gasteiger partial charge is 0.222 e. The van der Waals surface area contributed by atoms with Crippen LogP contribution in [0.25, 0.3) is 0 Å². The summed E-state index contributed by atoms with van der Waals surface area (Å²) in [6, 6.07) is 0.718. The molecular formula is C13H23N3O. The van der Waals surface area contributed by atoms with Crippen molar-refractivity contribution in [1.82, 2.24) is 15.1 Å². The lowest BCUT2D eigenvalue weighted by Crippen LogP contribution is -2.52. The van der Waals surface area contributed by atoms with Crippen molar-refractivity contribution in [3.8, 4) is 0 Å². The molecule has 96 valence electrons. The number of nitrogens with one attached hydrogen (secondary N) is 1. The second kappa shape index (κ2) is 4.94. The Morgan fingerprint density at radius 1 is 1.12 bits per heavy atom. The summed E-state index contributed by atoms with van der Waals surface area (Å²) in [7, 11) is 0. The molecule has 3 fully saturated rings. The van der Waals surface area contributed by atoms with E-state index in [1.165, 1.54) is 19.3 Å². The molecule has 17 heavy (non-hydrogen) atoms. The molecule has 0 aromatic rings. The highest BCUT2D eigenvalue weighted by atomic mass is 16.2. The van der Waals surface area contributed by atoms with Crippen molar-refractivity contribution < 1.29 is 4.79 Å². The topological polar surface area (TPSA) is 35.6 Å². The Bertz CT molecular complexity index is 276. The predicted molar refractivity (Wildman–Crippen MR) is 66.8 cm³/mol. The maximum Gasteiger partial charge on any atom is 0.222 e. The summed E-state index contributed by atoms with van der Waals surface area (Å²) in [6.07, 6.45) is 4.64. The predicted octanol–water partition coefficient (Wildman–Crippen LogP) is 0.293. The van der Waals surface area contributed by atoms with Crippen molar-refractivity contribution in [2.24, 2.45) is 5.92 Å². The second-order valence-corrected chi connectivity index (χ2v) is 5.71. The minimum atomic E-state index is 0.400. The van der Waals surface area contributed by atoms with Crippen LogP contribution in [0.1, 0.15) is 25.7 Å². The largest absolute Gasteiger partial charge is 0.340 e. The summed E-state index contributed by atoms with van der Waals surface area (Å²) in [5, 5.41) is 3.42. The van der Waals surface area contributed by atoms with E-state index in [-0.39, 0.29) is 0 Å². The molecular weight excluding hydrogens is 214 g/mol. The maximum absolute atomic E-state index is 12.0. The molecule has 1 aliphatic carbocycles. The van der Waals surface area contributed by atoms with Crippen LogP contribution in [0.5, 0.6) is 0 Å². The molecule has 1 amide bonds. The SMILES string of the molecule is O=C(CC1CC1)N1CCN(C2CCNC2)CC1. The Morgan fingerprint density at radius 2 is 1.88 bits per heavy atom. The first-order valence-corrected chi connectivity index (χ1v) is 7.05. The fourth-order valence-electron chi connectivity index (χ4n) is 2.99. The van der Waals surface area contributed by atoms with E-state index in [1.54, 1.807) is 0 Å². The first kappa shape index (κ1) is 11.5. The third-order valence-corrected chi connectivity index (χ3v) is 4.38. The average Bonchev–Trinajstić information content (AvgIpc) is 3.00. The Kier molecular flexibility index (Phi) is 3.34. The maximum atomic E-state index is 12.0. The minimum Gasteiger partial charge on any atom is -0.340 e. The van der Waals surface area contributed by atoms with Gasteiger partial charge in [-0.05, 0) is 31.7 Å². The molecule has 1 unspecified atom stereocenters. The highest BCUT2D eigenvalue weighted by molar-refractivity contribution is 5.76. The van der Waals surface area contributed by atoms with Crippen molar-refractivity contribution in [2.75, 3.05) is 39.3 Å². The molecule has 0 aromatic heterocycles. The average molecular weight is 237 g/mol. The van der Waals surface area contributed by atoms with Crippen LogP contribution in [-0.2, 0) is 4.79 Å². The number of amides is 1. The normalized spacial score (nSPS) is 30.8. The van der Waals surface area contributed by atoms with E-state index in [0.717, 1.165) is 57.6 Å². The lowest BCUT2D eigenvalue weighted by molar-refractivity contribution is -0.133. The Hall–Kier alpha value is -0.610. The van der Waals surface area contributed by atoms with Crippen molar-refractivity contribution in [2.45, 2.75) is 31.7 Å². The molecule has 2 heterocycles. The summed E-state index contributed by atoms with van der Waals surface area (Å²) < 4.78 is 0. The van der Waals surface area contributed by atoms with E-state index >= 15 is 0 Å². The van der Waals surface area contributed by atoms with Crippen LogP contribution in [-0.4, -0.2) is 61.0 Å². The molecule has 0 spiro atoms. The summed E-state index contributed by atoms with van der Waals surface area (Å²) in [5.74, 6) is 1.12. The monoisotopic (exact) mass is 237 g/mol. The molecule has 1 atom stereocenters. The van der Waals surface area contributed by atoms with Gasteiger partial charge in [0.2, 0.25) is 5.91 Å². The Balaban J connectivity index is 1.44. The molecule has 0 aromatic carbocycles. The molecule has 3 rings (SSSR count). The first-order valence-electron chi connectivity index (χ1n) is 7.05. The first-order chi connectivity index (χ1) is 8.33. The van der Waals surface area contributed by atoms with Crippen molar-refractivity contribution in [1.29, 1.82) is 0 Å². The molecule has 3 aliphatic rings. The van der Waals surface area contributed by atoms with Crippen LogP contribution in [0.3, 0.4) is 0 Å². The van der Waals surface area contributed by atoms with E-state index in [1.807, 2.05) is 0 Å². The minimum absolute atomic E-state index is 0.400. The van der Waals surface area contributed by atoms with Gasteiger partial charge < -0.3 is 10.2 Å². The quantitative estimate of drug-likeness (QED) is 0.766. The van der Waals surface area contributed by atoms with Crippen LogP contribution < -0.4 is 5.32 Å². The van der Waals surface area contributed by atoms with Gasteiger partial charge in [-0.3, -0.25) is 9.69 Å². The zero-order valence-electron chi connectivity index (χ0n) is 10.5. The molecule has 0 radical (unpaired) electrons. The van der Waals surface area contributed by atoms with Crippen molar-refractivity contribution in [3.63, 3.8) is 0 Å². The summed E-state index contributed by atoms with van der Waals surface area (Å²) in [4.78, 5) is 16.6. The van der Waals surface area contributed by atoms with Gasteiger partial charge in [0, 0.05) is 45.2 Å². The van der Waals surface area contributed by atoms with Gasteiger partial charge in [0.1, 0.15) is 0 Å². The summed E-state index contributed by atoms with van der Waals surface area (Å²) in [5.41, 5.74) is 0. The van der Waals surface area contributed by atoms with Crippen LogP contribution in [0, 0.1) is 5.92 Å². The Morgan fingerprint density at radius 3 is 2.47 bits per heavy atom. The number of rotatable bonds is 3. The van der Waals surface area contributed by atoms with Crippen LogP contribution in [0.15, 0.2) is 0 Å². The fourth-order valence-corrected chi connectivity index (χ4v) is 2.99. The van der Waals surface area contributed by atoms with Gasteiger partial charge in [-0.2, -0.15) is 0 Å². The van der Waals surface area contributed by atoms with Crippen molar-refractivity contribution in [3.05, 3.63) is 0 Å². The number of carbonyl (C=O) groups is 1. The van der Waals surface area contributed by atoms with E-state index in [9.17, 15) is 4.79 Å². The third-order valence-electron chi connectivity index (χ3n) is 4.38. The number of hydrogen-bond acceptors (Lipinski definition) is 3. The molecule has 1 saturated carbocycles. The molecule has 4 nitrogen and oxygen atoms in total. The number of carbonyl (C=O) groups excluding carboxylic acids is 1. The third kappa shape index (κ3) is 2.80. The van der Waals surface area contributed by atoms with Crippen LogP contribution in [0.4, 0.5) is 0 Å². The summed E-state index contributed by atoms with van der Waals surface area (Å²) in [6.45, 7) is 6.33. The van der Waals surface area contributed by atoms with Gasteiger partial charge in [-0.15, -0.1) is 0 Å². The number of piperazine rings is 1. The van der Waals surface area contributed by atoms with Gasteiger partial charge in [0.25, 0.3) is 0 Å². The fraction of sp³-hybridized carbons (Fsp3) is 0.923. The zero-order valence-corrected chi connectivity index (χ0v) is 10.5. The van der Waals surface area contributed by atoms with E-state index in [2.05, 4.69) is 15.1 Å². The molecule has 4 heteroatoms. The van der Waals surface area contributed by atoms with E-state index in [0.29, 0.717) is 5.91 Å². The van der Waals surface area contributed by atoms with Gasteiger partial charge >= 0.3 is 0 Å². The highest BCUT2D eigenvalue weighted by Crippen LogP contribution is 2.33. The van der Waals surface area contributed by atoms with Crippen LogP contribution in [0.2, 0.25) is 0 Å². The molecule has 0 bridgehead atoms. The molecule has 2 aliphatic heterocycles. The lowest BCUT2D eigenvalue weighted by Gasteiger charge is -2.37. The zero-order chi connectivity index (χ0) is 11.7. The highest BCUT2D eigenvalue weighted by Gasteiger charge is 2.30. The van der Waals surface area contributed by atoms with Gasteiger partial charge in [0.15, 0.2) is 0 Å². The van der Waals surface area contributed by atoms with E-state index in [4.69, 9.17) is 0 Å². The summed E-state index contributed by atoms with van der Waals surface area (Å²) >= 11 is 0. The number of nitrogens with zero attached hydrogens (tertiary/aromatic N) is 2. The number of hydrogen-bond donors (Lipinski definition) is 1. The lowest BCUT2D eigenvalue weighted by atomic mass is 10.1.